The van der Waals surface area contributed by atoms with E-state index in [1.165, 1.54) is 6.07 Å². The second kappa shape index (κ2) is 6.68. The number of nitrogens with one attached hydrogen (secondary N) is 2. The normalized spacial score (nSPS) is 21.7. The Hall–Kier alpha value is -1.65. The van der Waals surface area contributed by atoms with E-state index in [-0.39, 0.29) is 5.82 Å². The van der Waals surface area contributed by atoms with Gasteiger partial charge in [-0.3, -0.25) is 4.99 Å². The summed E-state index contributed by atoms with van der Waals surface area (Å²) < 4.78 is 26.5. The van der Waals surface area contributed by atoms with E-state index in [9.17, 15) is 8.78 Å². The summed E-state index contributed by atoms with van der Waals surface area (Å²) in [5, 5.41) is 6.48. The third-order valence-electron chi connectivity index (χ3n) is 3.43. The Bertz CT molecular complexity index is 488. The standard InChI is InChI=1S/C15H21F2N3/c1-3-18-15(20-14-8-10(14)2)19-7-6-11-9-12(16)4-5-13(11)17/h4-5,9-10,14H,3,6-8H2,1-2H3,(H2,18,19,20). The molecule has 1 aliphatic rings. The average molecular weight is 281 g/mol. The van der Waals surface area contributed by atoms with Gasteiger partial charge in [-0.2, -0.15) is 0 Å². The van der Waals surface area contributed by atoms with Crippen molar-refractivity contribution in [1.82, 2.24) is 10.6 Å². The number of halogens is 2. The molecule has 1 saturated carbocycles. The zero-order valence-corrected chi connectivity index (χ0v) is 11.9. The van der Waals surface area contributed by atoms with Gasteiger partial charge in [0.1, 0.15) is 11.6 Å². The van der Waals surface area contributed by atoms with Gasteiger partial charge in [-0.15, -0.1) is 0 Å². The third-order valence-corrected chi connectivity index (χ3v) is 3.43. The molecule has 2 N–H and O–H groups in total. The monoisotopic (exact) mass is 281 g/mol. The van der Waals surface area contributed by atoms with Crippen molar-refractivity contribution in [2.75, 3.05) is 13.1 Å². The van der Waals surface area contributed by atoms with E-state index in [1.807, 2.05) is 6.92 Å². The lowest BCUT2D eigenvalue weighted by Crippen LogP contribution is -2.39. The molecule has 1 aromatic rings. The molecule has 1 aromatic carbocycles. The predicted octanol–water partition coefficient (Wildman–Crippen LogP) is 2.47. The molecule has 5 heteroatoms. The van der Waals surface area contributed by atoms with E-state index < -0.39 is 5.82 Å². The van der Waals surface area contributed by atoms with Gasteiger partial charge in [0, 0.05) is 19.1 Å². The maximum Gasteiger partial charge on any atom is 0.191 e. The summed E-state index contributed by atoms with van der Waals surface area (Å²) in [6, 6.07) is 4.00. The zero-order chi connectivity index (χ0) is 14.5. The van der Waals surface area contributed by atoms with Gasteiger partial charge >= 0.3 is 0 Å². The highest BCUT2D eigenvalue weighted by Gasteiger charge is 2.33. The molecule has 2 unspecified atom stereocenters. The van der Waals surface area contributed by atoms with Crippen LogP contribution in [0.2, 0.25) is 0 Å². The van der Waals surface area contributed by atoms with Gasteiger partial charge in [0.05, 0.1) is 0 Å². The SMILES string of the molecule is CCNC(=NCCc1cc(F)ccc1F)NC1CC1C. The summed E-state index contributed by atoms with van der Waals surface area (Å²) >= 11 is 0. The van der Waals surface area contributed by atoms with E-state index in [4.69, 9.17) is 0 Å². The number of rotatable bonds is 5. The molecule has 2 atom stereocenters. The van der Waals surface area contributed by atoms with Crippen LogP contribution >= 0.6 is 0 Å². The molecule has 3 nitrogen and oxygen atoms in total. The Kier molecular flexibility index (Phi) is 4.93. The van der Waals surface area contributed by atoms with Crippen molar-refractivity contribution >= 4 is 5.96 Å². The van der Waals surface area contributed by atoms with Gasteiger partial charge in [-0.25, -0.2) is 8.78 Å². The van der Waals surface area contributed by atoms with Crippen molar-refractivity contribution < 1.29 is 8.78 Å². The lowest BCUT2D eigenvalue weighted by Gasteiger charge is -2.10. The maximum absolute atomic E-state index is 13.5. The van der Waals surface area contributed by atoms with Crippen LogP contribution in [0.1, 0.15) is 25.8 Å². The van der Waals surface area contributed by atoms with Gasteiger partial charge in [-0.05, 0) is 49.4 Å². The lowest BCUT2D eigenvalue weighted by atomic mass is 10.1. The van der Waals surface area contributed by atoms with E-state index in [0.29, 0.717) is 30.5 Å². The number of aliphatic imine (C=N–C) groups is 1. The average Bonchev–Trinajstić information content (AvgIpc) is 3.09. The van der Waals surface area contributed by atoms with Crippen LogP contribution in [0.5, 0.6) is 0 Å². The van der Waals surface area contributed by atoms with E-state index in [1.54, 1.807) is 0 Å². The fourth-order valence-corrected chi connectivity index (χ4v) is 2.04. The van der Waals surface area contributed by atoms with Crippen LogP contribution in [0, 0.1) is 17.6 Å². The molecule has 0 heterocycles. The summed E-state index contributed by atoms with van der Waals surface area (Å²) in [4.78, 5) is 4.40. The second-order valence-electron chi connectivity index (χ2n) is 5.21. The molecule has 0 bridgehead atoms. The second-order valence-corrected chi connectivity index (χ2v) is 5.21. The number of hydrogen-bond donors (Lipinski definition) is 2. The number of guanidine groups is 1. The third kappa shape index (κ3) is 4.18. The molecular formula is C15H21F2N3. The van der Waals surface area contributed by atoms with Crippen LogP contribution in [0.3, 0.4) is 0 Å². The fraction of sp³-hybridized carbons (Fsp3) is 0.533. The molecule has 2 rings (SSSR count). The lowest BCUT2D eigenvalue weighted by molar-refractivity contribution is 0.585. The Labute approximate surface area is 118 Å². The molecular weight excluding hydrogens is 260 g/mol. The zero-order valence-electron chi connectivity index (χ0n) is 11.9. The smallest absolute Gasteiger partial charge is 0.191 e. The van der Waals surface area contributed by atoms with Crippen molar-refractivity contribution in [3.63, 3.8) is 0 Å². The molecule has 110 valence electrons. The fourth-order valence-electron chi connectivity index (χ4n) is 2.04. The molecule has 1 fully saturated rings. The van der Waals surface area contributed by atoms with Crippen LogP contribution in [-0.4, -0.2) is 25.1 Å². The first kappa shape index (κ1) is 14.8. The molecule has 0 saturated heterocycles. The first-order chi connectivity index (χ1) is 9.60. The van der Waals surface area contributed by atoms with Crippen LogP contribution in [0.25, 0.3) is 0 Å². The minimum absolute atomic E-state index is 0.365. The summed E-state index contributed by atoms with van der Waals surface area (Å²) in [5.41, 5.74) is 0.365. The Morgan fingerprint density at radius 3 is 2.80 bits per heavy atom. The van der Waals surface area contributed by atoms with Gasteiger partial charge in [0.15, 0.2) is 5.96 Å². The van der Waals surface area contributed by atoms with Gasteiger partial charge < -0.3 is 10.6 Å². The van der Waals surface area contributed by atoms with Crippen molar-refractivity contribution in [2.24, 2.45) is 10.9 Å². The van der Waals surface area contributed by atoms with Crippen LogP contribution < -0.4 is 10.6 Å². The predicted molar refractivity (Wildman–Crippen MR) is 76.7 cm³/mol. The first-order valence-electron chi connectivity index (χ1n) is 7.09. The minimum Gasteiger partial charge on any atom is -0.357 e. The summed E-state index contributed by atoms with van der Waals surface area (Å²) in [7, 11) is 0. The van der Waals surface area contributed by atoms with Crippen molar-refractivity contribution in [3.05, 3.63) is 35.4 Å². The highest BCUT2D eigenvalue weighted by atomic mass is 19.1. The molecule has 1 aliphatic carbocycles. The highest BCUT2D eigenvalue weighted by Crippen LogP contribution is 2.28. The topological polar surface area (TPSA) is 36.4 Å². The number of nitrogens with zero attached hydrogens (tertiary/aromatic N) is 1. The summed E-state index contributed by atoms with van der Waals surface area (Å²) in [6.07, 6.45) is 1.54. The van der Waals surface area contributed by atoms with Gasteiger partial charge in [0.25, 0.3) is 0 Å². The number of benzene rings is 1. The maximum atomic E-state index is 13.5. The largest absolute Gasteiger partial charge is 0.357 e. The van der Waals surface area contributed by atoms with Crippen LogP contribution in [0.15, 0.2) is 23.2 Å². The van der Waals surface area contributed by atoms with Gasteiger partial charge in [-0.1, -0.05) is 6.92 Å². The molecule has 0 aliphatic heterocycles. The van der Waals surface area contributed by atoms with Crippen LogP contribution in [-0.2, 0) is 6.42 Å². The van der Waals surface area contributed by atoms with Crippen molar-refractivity contribution in [3.8, 4) is 0 Å². The van der Waals surface area contributed by atoms with Crippen LogP contribution in [0.4, 0.5) is 8.78 Å². The van der Waals surface area contributed by atoms with Crippen molar-refractivity contribution in [2.45, 2.75) is 32.7 Å². The van der Waals surface area contributed by atoms with E-state index in [0.717, 1.165) is 31.1 Å². The molecule has 0 radical (unpaired) electrons. The Balaban J connectivity index is 1.90. The minimum atomic E-state index is -0.415. The Morgan fingerprint density at radius 2 is 2.15 bits per heavy atom. The number of hydrogen-bond acceptors (Lipinski definition) is 1. The first-order valence-corrected chi connectivity index (χ1v) is 7.09. The van der Waals surface area contributed by atoms with E-state index in [2.05, 4.69) is 22.5 Å². The molecule has 0 amide bonds. The highest BCUT2D eigenvalue weighted by molar-refractivity contribution is 5.80. The quantitative estimate of drug-likeness (QED) is 0.642. The molecule has 20 heavy (non-hydrogen) atoms. The molecule has 0 spiro atoms. The van der Waals surface area contributed by atoms with Crippen molar-refractivity contribution in [1.29, 1.82) is 0 Å². The van der Waals surface area contributed by atoms with Gasteiger partial charge in [0.2, 0.25) is 0 Å². The molecule has 0 aromatic heterocycles. The summed E-state index contributed by atoms with van der Waals surface area (Å²) in [5.74, 6) is 0.635. The van der Waals surface area contributed by atoms with E-state index >= 15 is 0 Å². The summed E-state index contributed by atoms with van der Waals surface area (Å²) in [6.45, 7) is 5.39. The Morgan fingerprint density at radius 1 is 1.40 bits per heavy atom.